The van der Waals surface area contributed by atoms with Crippen LogP contribution in [0.2, 0.25) is 0 Å². The van der Waals surface area contributed by atoms with E-state index >= 15 is 0 Å². The Morgan fingerprint density at radius 1 is 1.00 bits per heavy atom. The fourth-order valence-corrected chi connectivity index (χ4v) is 5.21. The lowest BCUT2D eigenvalue weighted by atomic mass is 10.1. The minimum atomic E-state index is -4.16. The monoisotopic (exact) mass is 545 g/mol. The highest BCUT2D eigenvalue weighted by molar-refractivity contribution is 9.10. The van der Waals surface area contributed by atoms with Crippen molar-refractivity contribution in [1.82, 2.24) is 5.43 Å². The summed E-state index contributed by atoms with van der Waals surface area (Å²) in [6.45, 7) is 1.25. The Labute approximate surface area is 207 Å². The summed E-state index contributed by atoms with van der Waals surface area (Å²) >= 11 is 3.30. The first-order valence-corrected chi connectivity index (χ1v) is 12.4. The van der Waals surface area contributed by atoms with Gasteiger partial charge in [-0.3, -0.25) is 9.10 Å². The maximum Gasteiger partial charge on any atom is 0.268 e. The van der Waals surface area contributed by atoms with E-state index in [1.807, 2.05) is 12.1 Å². The van der Waals surface area contributed by atoms with Crippen molar-refractivity contribution in [2.75, 3.05) is 25.1 Å². The van der Waals surface area contributed by atoms with E-state index in [2.05, 4.69) is 26.5 Å². The highest BCUT2D eigenvalue weighted by atomic mass is 79.9. The van der Waals surface area contributed by atoms with Gasteiger partial charge in [-0.15, -0.1) is 0 Å². The van der Waals surface area contributed by atoms with Crippen molar-refractivity contribution in [2.45, 2.75) is 11.8 Å². The zero-order valence-electron chi connectivity index (χ0n) is 18.9. The van der Waals surface area contributed by atoms with E-state index in [-0.39, 0.29) is 10.6 Å². The van der Waals surface area contributed by atoms with Gasteiger partial charge in [-0.05, 0) is 67.1 Å². The Hall–Kier alpha value is -3.37. The van der Waals surface area contributed by atoms with Crippen molar-refractivity contribution >= 4 is 43.3 Å². The number of halogens is 1. The van der Waals surface area contributed by atoms with E-state index < -0.39 is 22.5 Å². The van der Waals surface area contributed by atoms with E-state index in [0.717, 1.165) is 9.87 Å². The zero-order valence-corrected chi connectivity index (χ0v) is 21.3. The summed E-state index contributed by atoms with van der Waals surface area (Å²) in [6, 6.07) is 20.2. The van der Waals surface area contributed by atoms with Gasteiger partial charge < -0.3 is 9.47 Å². The molecular formula is C24H24BrN3O5S. The van der Waals surface area contributed by atoms with Crippen LogP contribution in [0.25, 0.3) is 0 Å². The lowest BCUT2D eigenvalue weighted by Crippen LogP contribution is -2.40. The van der Waals surface area contributed by atoms with Crippen molar-refractivity contribution in [3.8, 4) is 11.5 Å². The first kappa shape index (κ1) is 25.3. The number of para-hydroxylation sites is 1. The maximum atomic E-state index is 13.6. The summed E-state index contributed by atoms with van der Waals surface area (Å²) in [4.78, 5) is 12.7. The largest absolute Gasteiger partial charge is 0.497 e. The topological polar surface area (TPSA) is 97.3 Å². The fraction of sp³-hybridized carbons (Fsp3) is 0.167. The Morgan fingerprint density at radius 3 is 2.29 bits per heavy atom. The summed E-state index contributed by atoms with van der Waals surface area (Å²) < 4.78 is 39.2. The Balaban J connectivity index is 1.89. The van der Waals surface area contributed by atoms with Crippen LogP contribution < -0.4 is 19.2 Å². The summed E-state index contributed by atoms with van der Waals surface area (Å²) in [6.07, 6.45) is 0. The Kier molecular flexibility index (Phi) is 8.30. The number of carbonyl (C=O) groups excluding carboxylic acids is 1. The molecule has 3 rings (SSSR count). The number of carbonyl (C=O) groups is 1. The standard InChI is InChI=1S/C24H24BrN3O5S/c1-17(18-9-12-21(32-2)13-10-18)26-27-24(29)16-28(20-7-5-4-6-8-20)34(30,31)23-15-19(25)11-14-22(23)33-3/h4-15H,16H2,1-3H3,(H,27,29)/b26-17-. The van der Waals surface area contributed by atoms with Crippen molar-refractivity contribution in [3.05, 3.63) is 82.8 Å². The average molecular weight is 546 g/mol. The second-order valence-corrected chi connectivity index (χ2v) is 9.85. The molecule has 34 heavy (non-hydrogen) atoms. The van der Waals surface area contributed by atoms with Gasteiger partial charge in [-0.2, -0.15) is 5.10 Å². The van der Waals surface area contributed by atoms with Gasteiger partial charge in [-0.1, -0.05) is 34.1 Å². The third-order valence-corrected chi connectivity index (χ3v) is 7.17. The molecule has 0 unspecified atom stereocenters. The number of sulfonamides is 1. The zero-order chi connectivity index (χ0) is 24.7. The third-order valence-electron chi connectivity index (χ3n) is 4.88. The van der Waals surface area contributed by atoms with Gasteiger partial charge in [0, 0.05) is 4.47 Å². The normalized spacial score (nSPS) is 11.6. The van der Waals surface area contributed by atoms with Crippen molar-refractivity contribution in [1.29, 1.82) is 0 Å². The van der Waals surface area contributed by atoms with Crippen LogP contribution in [0, 0.1) is 0 Å². The molecule has 1 N–H and O–H groups in total. The number of nitrogens with one attached hydrogen (secondary N) is 1. The summed E-state index contributed by atoms with van der Waals surface area (Å²) in [5, 5.41) is 4.12. The van der Waals surface area contributed by atoms with Gasteiger partial charge in [0.2, 0.25) is 0 Å². The van der Waals surface area contributed by atoms with E-state index in [0.29, 0.717) is 21.6 Å². The number of nitrogens with zero attached hydrogens (tertiary/aromatic N) is 2. The summed E-state index contributed by atoms with van der Waals surface area (Å²) in [5.41, 5.74) is 4.11. The number of rotatable bonds is 9. The second-order valence-electron chi connectivity index (χ2n) is 7.10. The minimum Gasteiger partial charge on any atom is -0.497 e. The lowest BCUT2D eigenvalue weighted by Gasteiger charge is -2.24. The number of ether oxygens (including phenoxy) is 2. The number of methoxy groups -OCH3 is 2. The van der Waals surface area contributed by atoms with Crippen molar-refractivity contribution in [2.24, 2.45) is 5.10 Å². The number of hydrazone groups is 1. The molecule has 0 spiro atoms. The van der Waals surface area contributed by atoms with Gasteiger partial charge >= 0.3 is 0 Å². The highest BCUT2D eigenvalue weighted by Crippen LogP contribution is 2.32. The van der Waals surface area contributed by atoms with Crippen LogP contribution in [-0.2, 0) is 14.8 Å². The predicted octanol–water partition coefficient (Wildman–Crippen LogP) is 4.20. The van der Waals surface area contributed by atoms with Crippen LogP contribution in [0.15, 0.2) is 87.3 Å². The van der Waals surface area contributed by atoms with Crippen LogP contribution in [0.3, 0.4) is 0 Å². The molecule has 3 aromatic rings. The van der Waals surface area contributed by atoms with E-state index in [1.54, 1.807) is 68.6 Å². The van der Waals surface area contributed by atoms with Crippen molar-refractivity contribution < 1.29 is 22.7 Å². The molecule has 0 bridgehead atoms. The highest BCUT2D eigenvalue weighted by Gasteiger charge is 2.30. The molecule has 0 atom stereocenters. The van der Waals surface area contributed by atoms with Crippen LogP contribution in [0.1, 0.15) is 12.5 Å². The number of hydrogen-bond acceptors (Lipinski definition) is 6. The van der Waals surface area contributed by atoms with Crippen LogP contribution >= 0.6 is 15.9 Å². The molecule has 178 valence electrons. The van der Waals surface area contributed by atoms with E-state index in [4.69, 9.17) is 9.47 Å². The lowest BCUT2D eigenvalue weighted by molar-refractivity contribution is -0.119. The Bertz CT molecular complexity index is 1280. The van der Waals surface area contributed by atoms with Crippen LogP contribution in [-0.4, -0.2) is 40.8 Å². The first-order valence-electron chi connectivity index (χ1n) is 10.1. The van der Waals surface area contributed by atoms with Crippen LogP contribution in [0.4, 0.5) is 5.69 Å². The number of amides is 1. The molecule has 10 heteroatoms. The van der Waals surface area contributed by atoms with Gasteiger partial charge in [0.1, 0.15) is 22.9 Å². The van der Waals surface area contributed by atoms with E-state index in [1.165, 1.54) is 13.2 Å². The van der Waals surface area contributed by atoms with Gasteiger partial charge in [-0.25, -0.2) is 13.8 Å². The molecule has 8 nitrogen and oxygen atoms in total. The van der Waals surface area contributed by atoms with Gasteiger partial charge in [0.25, 0.3) is 15.9 Å². The molecule has 3 aromatic carbocycles. The Morgan fingerprint density at radius 2 is 1.68 bits per heavy atom. The molecule has 0 aliphatic carbocycles. The molecule has 0 saturated heterocycles. The third kappa shape index (κ3) is 5.95. The second kappa shape index (κ2) is 11.2. The molecule has 1 amide bonds. The quantitative estimate of drug-likeness (QED) is 0.321. The molecule has 0 aliphatic heterocycles. The molecule has 0 saturated carbocycles. The number of benzene rings is 3. The minimum absolute atomic E-state index is 0.0704. The summed E-state index contributed by atoms with van der Waals surface area (Å²) in [5.74, 6) is 0.263. The summed E-state index contributed by atoms with van der Waals surface area (Å²) in [7, 11) is -1.19. The molecular weight excluding hydrogens is 522 g/mol. The number of hydrogen-bond donors (Lipinski definition) is 1. The molecule has 0 fully saturated rings. The SMILES string of the molecule is COc1ccc(/C(C)=N\NC(=O)CN(c2ccccc2)S(=O)(=O)c2cc(Br)ccc2OC)cc1. The molecule has 0 radical (unpaired) electrons. The fourth-order valence-electron chi connectivity index (χ4n) is 3.09. The number of anilines is 1. The van der Waals surface area contributed by atoms with Crippen LogP contribution in [0.5, 0.6) is 11.5 Å². The van der Waals surface area contributed by atoms with E-state index in [9.17, 15) is 13.2 Å². The van der Waals surface area contributed by atoms with Gasteiger partial charge in [0.15, 0.2) is 0 Å². The molecule has 0 aromatic heterocycles. The smallest absolute Gasteiger partial charge is 0.268 e. The average Bonchev–Trinajstić information content (AvgIpc) is 2.86. The first-order chi connectivity index (χ1) is 16.3. The maximum absolute atomic E-state index is 13.6. The van der Waals surface area contributed by atoms with Gasteiger partial charge in [0.05, 0.1) is 25.6 Å². The predicted molar refractivity (Wildman–Crippen MR) is 135 cm³/mol. The molecule has 0 heterocycles. The molecule has 0 aliphatic rings. The van der Waals surface area contributed by atoms with Crippen molar-refractivity contribution in [3.63, 3.8) is 0 Å².